The number of methoxy groups -OCH3 is 1. The third-order valence-electron chi connectivity index (χ3n) is 6.29. The maximum atomic E-state index is 14.6. The van der Waals surface area contributed by atoms with Gasteiger partial charge in [0, 0.05) is 11.6 Å². The van der Waals surface area contributed by atoms with Gasteiger partial charge in [-0.3, -0.25) is 9.36 Å². The number of fused-ring (bicyclic) bond motifs is 1. The Morgan fingerprint density at radius 1 is 1.13 bits per heavy atom. The number of nitrogens with zero attached hydrogens (tertiary/aromatic N) is 3. The van der Waals surface area contributed by atoms with Gasteiger partial charge in [-0.05, 0) is 61.3 Å². The quantitative estimate of drug-likeness (QED) is 0.352. The van der Waals surface area contributed by atoms with Crippen molar-refractivity contribution >= 4 is 10.9 Å². The third-order valence-corrected chi connectivity index (χ3v) is 6.29. The Hall–Kier alpha value is -4.43. The molecule has 0 radical (unpaired) electrons. The van der Waals surface area contributed by atoms with Crippen molar-refractivity contribution in [2.45, 2.75) is 25.2 Å². The van der Waals surface area contributed by atoms with Gasteiger partial charge in [0.05, 0.1) is 41.4 Å². The highest BCUT2D eigenvalue weighted by Gasteiger charge is 2.31. The molecule has 1 N–H and O–H groups in total. The Bertz CT molecular complexity index is 1620. The lowest BCUT2D eigenvalue weighted by Gasteiger charge is -2.20. The lowest BCUT2D eigenvalue weighted by atomic mass is 9.99. The first-order chi connectivity index (χ1) is 18.2. The smallest absolute Gasteiger partial charge is 0.494 e. The molecule has 1 aliphatic heterocycles. The number of rotatable bonds is 5. The van der Waals surface area contributed by atoms with E-state index in [4.69, 9.17) is 9.72 Å². The molecule has 1 saturated heterocycles. The fraction of sp³-hybridized carbons (Fsp3) is 0.222. The van der Waals surface area contributed by atoms with E-state index in [9.17, 15) is 27.6 Å². The minimum Gasteiger partial charge on any atom is -0.494 e. The van der Waals surface area contributed by atoms with Crippen LogP contribution in [0.4, 0.5) is 17.6 Å². The van der Waals surface area contributed by atoms with Gasteiger partial charge < -0.3 is 14.8 Å². The average molecular weight is 524 g/mol. The Labute approximate surface area is 213 Å². The summed E-state index contributed by atoms with van der Waals surface area (Å²) in [5.74, 6) is -0.694. The Balaban J connectivity index is 1.76. The predicted molar refractivity (Wildman–Crippen MR) is 131 cm³/mol. The molecule has 0 amide bonds. The van der Waals surface area contributed by atoms with E-state index < -0.39 is 23.5 Å². The summed E-state index contributed by atoms with van der Waals surface area (Å²) >= 11 is 0. The molecule has 7 nitrogen and oxygen atoms in total. The highest BCUT2D eigenvalue weighted by atomic mass is 19.4. The highest BCUT2D eigenvalue weighted by molar-refractivity contribution is 5.94. The first-order valence-corrected chi connectivity index (χ1v) is 11.6. The number of benzene rings is 3. The van der Waals surface area contributed by atoms with Crippen molar-refractivity contribution in [3.05, 3.63) is 82.2 Å². The van der Waals surface area contributed by atoms with Crippen LogP contribution in [-0.4, -0.2) is 29.6 Å². The van der Waals surface area contributed by atoms with Crippen molar-refractivity contribution in [3.8, 4) is 34.4 Å². The van der Waals surface area contributed by atoms with Gasteiger partial charge in [0.25, 0.3) is 5.56 Å². The van der Waals surface area contributed by atoms with Crippen molar-refractivity contribution in [2.75, 3.05) is 13.7 Å². The Kier molecular flexibility index (Phi) is 6.50. The molecule has 0 spiro atoms. The fourth-order valence-electron chi connectivity index (χ4n) is 4.61. The summed E-state index contributed by atoms with van der Waals surface area (Å²) in [6, 6.07) is 13.9. The molecule has 1 atom stereocenters. The molecule has 3 aromatic carbocycles. The van der Waals surface area contributed by atoms with Crippen LogP contribution < -0.4 is 20.3 Å². The lowest BCUT2D eigenvalue weighted by molar-refractivity contribution is -0.274. The van der Waals surface area contributed by atoms with Crippen LogP contribution in [0.3, 0.4) is 0 Å². The van der Waals surface area contributed by atoms with Crippen LogP contribution in [0.2, 0.25) is 0 Å². The van der Waals surface area contributed by atoms with Crippen molar-refractivity contribution in [1.82, 2.24) is 14.9 Å². The monoisotopic (exact) mass is 524 g/mol. The summed E-state index contributed by atoms with van der Waals surface area (Å²) < 4.78 is 62.7. The van der Waals surface area contributed by atoms with E-state index in [-0.39, 0.29) is 33.9 Å². The zero-order valence-corrected chi connectivity index (χ0v) is 20.0. The number of hydrogen-bond donors (Lipinski definition) is 1. The molecular weight excluding hydrogens is 504 g/mol. The molecule has 1 fully saturated rings. The van der Waals surface area contributed by atoms with Crippen LogP contribution >= 0.6 is 0 Å². The molecule has 1 aromatic heterocycles. The molecule has 2 heterocycles. The maximum absolute atomic E-state index is 14.6. The van der Waals surface area contributed by atoms with Crippen LogP contribution in [0.25, 0.3) is 27.7 Å². The van der Waals surface area contributed by atoms with Gasteiger partial charge in [-0.15, -0.1) is 13.2 Å². The van der Waals surface area contributed by atoms with Gasteiger partial charge in [-0.1, -0.05) is 12.1 Å². The summed E-state index contributed by atoms with van der Waals surface area (Å²) in [5.41, 5.74) is 0.977. The van der Waals surface area contributed by atoms with Crippen LogP contribution in [0.5, 0.6) is 11.5 Å². The molecule has 0 bridgehead atoms. The molecular formula is C27H20F4N4O3. The predicted octanol–water partition coefficient (Wildman–Crippen LogP) is 5.40. The largest absolute Gasteiger partial charge is 0.573 e. The number of alkyl halides is 3. The molecule has 5 rings (SSSR count). The Morgan fingerprint density at radius 2 is 1.89 bits per heavy atom. The van der Waals surface area contributed by atoms with E-state index in [2.05, 4.69) is 10.1 Å². The van der Waals surface area contributed by atoms with Gasteiger partial charge in [0.2, 0.25) is 0 Å². The van der Waals surface area contributed by atoms with E-state index >= 15 is 0 Å². The number of ether oxygens (including phenoxy) is 2. The van der Waals surface area contributed by atoms with Crippen LogP contribution in [0, 0.1) is 17.1 Å². The van der Waals surface area contributed by atoms with Crippen LogP contribution in [0.1, 0.15) is 30.3 Å². The van der Waals surface area contributed by atoms with Crippen molar-refractivity contribution in [1.29, 1.82) is 5.26 Å². The van der Waals surface area contributed by atoms with Crippen LogP contribution in [0.15, 0.2) is 59.4 Å². The van der Waals surface area contributed by atoms with Gasteiger partial charge in [-0.25, -0.2) is 9.37 Å². The number of aromatic nitrogens is 2. The number of hydrogen-bond acceptors (Lipinski definition) is 6. The first kappa shape index (κ1) is 25.2. The second kappa shape index (κ2) is 9.79. The SMILES string of the molecule is COc1ccc(-n2c(C3CCCN3)nc3c(-c4ccc(OC(F)(F)F)cc4)cc(C#N)cc3c2=O)cc1F. The number of nitrogens with one attached hydrogen (secondary N) is 1. The topological polar surface area (TPSA) is 89.2 Å². The van der Waals surface area contributed by atoms with E-state index in [1.165, 1.54) is 48.1 Å². The summed E-state index contributed by atoms with van der Waals surface area (Å²) in [6.45, 7) is 0.705. The van der Waals surface area contributed by atoms with E-state index in [1.807, 2.05) is 6.07 Å². The average Bonchev–Trinajstić information content (AvgIpc) is 3.43. The summed E-state index contributed by atoms with van der Waals surface area (Å²) in [5, 5.41) is 13.1. The second-order valence-electron chi connectivity index (χ2n) is 8.68. The molecule has 1 aliphatic rings. The second-order valence-corrected chi connectivity index (χ2v) is 8.68. The minimum absolute atomic E-state index is 0.0168. The normalized spacial score (nSPS) is 15.4. The number of halogens is 4. The minimum atomic E-state index is -4.84. The van der Waals surface area contributed by atoms with Crippen molar-refractivity contribution < 1.29 is 27.0 Å². The first-order valence-electron chi connectivity index (χ1n) is 11.6. The fourth-order valence-corrected chi connectivity index (χ4v) is 4.61. The molecule has 0 saturated carbocycles. The van der Waals surface area contributed by atoms with E-state index in [0.717, 1.165) is 18.6 Å². The molecule has 38 heavy (non-hydrogen) atoms. The summed E-state index contributed by atoms with van der Waals surface area (Å²) in [7, 11) is 1.34. The molecule has 1 unspecified atom stereocenters. The molecule has 194 valence electrons. The zero-order valence-electron chi connectivity index (χ0n) is 20.0. The van der Waals surface area contributed by atoms with Crippen molar-refractivity contribution in [2.24, 2.45) is 0 Å². The lowest BCUT2D eigenvalue weighted by Crippen LogP contribution is -2.29. The van der Waals surface area contributed by atoms with Gasteiger partial charge in [0.15, 0.2) is 11.6 Å². The third kappa shape index (κ3) is 4.78. The molecule has 4 aromatic rings. The van der Waals surface area contributed by atoms with E-state index in [0.29, 0.717) is 29.9 Å². The molecule has 0 aliphatic carbocycles. The van der Waals surface area contributed by atoms with Gasteiger partial charge in [-0.2, -0.15) is 5.26 Å². The van der Waals surface area contributed by atoms with E-state index in [1.54, 1.807) is 6.07 Å². The number of nitriles is 1. The Morgan fingerprint density at radius 3 is 2.50 bits per heavy atom. The molecule has 11 heteroatoms. The van der Waals surface area contributed by atoms with Crippen molar-refractivity contribution in [3.63, 3.8) is 0 Å². The standard InChI is InChI=1S/C27H20F4N4O3/c1-37-23-9-6-17(13-21(23)28)35-25(22-3-2-10-33-22)34-24-19(11-15(14-32)12-20(24)26(35)36)16-4-7-18(8-5-16)38-27(29,30)31/h4-9,11-13,22,33H,2-3,10H2,1H3. The van der Waals surface area contributed by atoms with Gasteiger partial charge >= 0.3 is 6.36 Å². The zero-order chi connectivity index (χ0) is 27.0. The van der Waals surface area contributed by atoms with Gasteiger partial charge in [0.1, 0.15) is 11.6 Å². The summed E-state index contributed by atoms with van der Waals surface area (Å²) in [6.07, 6.45) is -3.31. The highest BCUT2D eigenvalue weighted by Crippen LogP contribution is 2.33. The summed E-state index contributed by atoms with van der Waals surface area (Å²) in [4.78, 5) is 18.7. The maximum Gasteiger partial charge on any atom is 0.573 e. The van der Waals surface area contributed by atoms with Crippen LogP contribution in [-0.2, 0) is 0 Å².